The number of aryl methyl sites for hydroxylation is 1. The maximum Gasteiger partial charge on any atom is 0.269 e. The number of H-pyrrole nitrogens is 1. The Morgan fingerprint density at radius 2 is 2.03 bits per heavy atom. The summed E-state index contributed by atoms with van der Waals surface area (Å²) in [7, 11) is 3.50. The Bertz CT molecular complexity index is 1410. The van der Waals surface area contributed by atoms with Crippen molar-refractivity contribution in [2.75, 3.05) is 12.4 Å². The predicted octanol–water partition coefficient (Wildman–Crippen LogP) is 4.32. The van der Waals surface area contributed by atoms with Crippen LogP contribution in [0.5, 0.6) is 11.5 Å². The molecular weight excluding hydrogens is 426 g/mol. The molecule has 9 nitrogen and oxygen atoms in total. The van der Waals surface area contributed by atoms with Crippen LogP contribution in [0.2, 0.25) is 0 Å². The molecule has 160 valence electrons. The monoisotopic (exact) mass is 445 g/mol. The SMILES string of the molecule is CNC(=O)c1cc(Oc2ccc3c(c2)nc(Nc2cc(-c4cccs4)n[nH]2)n3C)ccn1. The normalized spacial score (nSPS) is 10.9. The van der Waals surface area contributed by atoms with Gasteiger partial charge in [-0.2, -0.15) is 5.10 Å². The zero-order chi connectivity index (χ0) is 22.1. The van der Waals surface area contributed by atoms with E-state index in [0.29, 0.717) is 17.4 Å². The molecule has 0 atom stereocenters. The van der Waals surface area contributed by atoms with Crippen molar-refractivity contribution in [2.24, 2.45) is 7.05 Å². The number of benzene rings is 1. The number of rotatable bonds is 6. The van der Waals surface area contributed by atoms with Crippen LogP contribution in [-0.4, -0.2) is 37.7 Å². The van der Waals surface area contributed by atoms with E-state index in [1.165, 1.54) is 6.20 Å². The lowest BCUT2D eigenvalue weighted by atomic mass is 10.3. The second-order valence-electron chi connectivity index (χ2n) is 6.97. The van der Waals surface area contributed by atoms with E-state index in [1.54, 1.807) is 30.5 Å². The largest absolute Gasteiger partial charge is 0.457 e. The molecule has 1 amide bonds. The second-order valence-corrected chi connectivity index (χ2v) is 7.92. The van der Waals surface area contributed by atoms with Crippen LogP contribution in [-0.2, 0) is 7.05 Å². The molecule has 5 rings (SSSR count). The molecule has 0 saturated carbocycles. The van der Waals surface area contributed by atoms with Crippen LogP contribution in [0.4, 0.5) is 11.8 Å². The van der Waals surface area contributed by atoms with Crippen LogP contribution in [0, 0.1) is 0 Å². The lowest BCUT2D eigenvalue weighted by molar-refractivity contribution is 0.0958. The van der Waals surface area contributed by atoms with E-state index in [9.17, 15) is 4.79 Å². The first-order chi connectivity index (χ1) is 15.6. The fourth-order valence-corrected chi connectivity index (χ4v) is 3.96. The number of amides is 1. The molecule has 0 fully saturated rings. The number of ether oxygens (including phenoxy) is 1. The fourth-order valence-electron chi connectivity index (χ4n) is 3.27. The van der Waals surface area contributed by atoms with Gasteiger partial charge in [-0.3, -0.25) is 14.9 Å². The summed E-state index contributed by atoms with van der Waals surface area (Å²) in [6.07, 6.45) is 1.54. The third-order valence-corrected chi connectivity index (χ3v) is 5.77. The van der Waals surface area contributed by atoms with Crippen molar-refractivity contribution in [2.45, 2.75) is 0 Å². The third kappa shape index (κ3) is 3.79. The number of nitrogens with one attached hydrogen (secondary N) is 3. The van der Waals surface area contributed by atoms with Crippen molar-refractivity contribution >= 4 is 40.0 Å². The maximum absolute atomic E-state index is 11.8. The number of carbonyl (C=O) groups is 1. The number of fused-ring (bicyclic) bond motifs is 1. The molecule has 32 heavy (non-hydrogen) atoms. The van der Waals surface area contributed by atoms with Gasteiger partial charge in [0.2, 0.25) is 5.95 Å². The molecule has 0 spiro atoms. The van der Waals surface area contributed by atoms with Crippen molar-refractivity contribution in [1.29, 1.82) is 0 Å². The highest BCUT2D eigenvalue weighted by Crippen LogP contribution is 2.29. The third-order valence-electron chi connectivity index (χ3n) is 4.88. The molecule has 1 aromatic carbocycles. The summed E-state index contributed by atoms with van der Waals surface area (Å²) in [6, 6.07) is 14.9. The summed E-state index contributed by atoms with van der Waals surface area (Å²) >= 11 is 1.64. The Kier molecular flexibility index (Phi) is 5.04. The summed E-state index contributed by atoms with van der Waals surface area (Å²) in [6.45, 7) is 0. The van der Waals surface area contributed by atoms with Gasteiger partial charge in [-0.05, 0) is 29.6 Å². The Balaban J connectivity index is 1.38. The first kappa shape index (κ1) is 19.8. The molecule has 0 bridgehead atoms. The van der Waals surface area contributed by atoms with Crippen LogP contribution in [0.25, 0.3) is 21.6 Å². The van der Waals surface area contributed by atoms with Crippen molar-refractivity contribution in [3.63, 3.8) is 0 Å². The fraction of sp³-hybridized carbons (Fsp3) is 0.0909. The molecule has 0 unspecified atom stereocenters. The van der Waals surface area contributed by atoms with Crippen LogP contribution in [0.3, 0.4) is 0 Å². The second kappa shape index (κ2) is 8.16. The van der Waals surface area contributed by atoms with Gasteiger partial charge in [0.15, 0.2) is 0 Å². The van der Waals surface area contributed by atoms with E-state index in [0.717, 1.165) is 27.4 Å². The molecule has 0 radical (unpaired) electrons. The zero-order valence-electron chi connectivity index (χ0n) is 17.3. The van der Waals surface area contributed by atoms with Gasteiger partial charge in [0.25, 0.3) is 5.91 Å². The number of aromatic amines is 1. The summed E-state index contributed by atoms with van der Waals surface area (Å²) in [5.74, 6) is 2.28. The van der Waals surface area contributed by atoms with Gasteiger partial charge in [0.1, 0.15) is 28.7 Å². The van der Waals surface area contributed by atoms with Gasteiger partial charge in [-0.25, -0.2) is 4.98 Å². The van der Waals surface area contributed by atoms with Gasteiger partial charge in [-0.1, -0.05) is 6.07 Å². The average molecular weight is 446 g/mol. The smallest absolute Gasteiger partial charge is 0.269 e. The van der Waals surface area contributed by atoms with Crippen molar-refractivity contribution in [1.82, 2.24) is 30.0 Å². The minimum absolute atomic E-state index is 0.271. The first-order valence-corrected chi connectivity index (χ1v) is 10.7. The Hall–Kier alpha value is -4.18. The summed E-state index contributed by atoms with van der Waals surface area (Å²) < 4.78 is 7.89. The molecule has 0 aliphatic rings. The van der Waals surface area contributed by atoms with E-state index < -0.39 is 0 Å². The number of hydrogen-bond donors (Lipinski definition) is 3. The Morgan fingerprint density at radius 1 is 1.16 bits per heavy atom. The van der Waals surface area contributed by atoms with E-state index in [-0.39, 0.29) is 11.6 Å². The molecule has 4 aromatic heterocycles. The molecule has 3 N–H and O–H groups in total. The quantitative estimate of drug-likeness (QED) is 0.359. The number of carbonyl (C=O) groups excluding carboxylic acids is 1. The number of anilines is 2. The Labute approximate surface area is 187 Å². The summed E-state index contributed by atoms with van der Waals surface area (Å²) in [5.41, 5.74) is 2.88. The van der Waals surface area contributed by atoms with Crippen molar-refractivity contribution < 1.29 is 9.53 Å². The number of thiophene rings is 1. The number of imidazole rings is 1. The summed E-state index contributed by atoms with van der Waals surface area (Å²) in [4.78, 5) is 21.6. The standard InChI is InChI=1S/C22H19N7O2S/c1-23-21(30)17-11-14(7-8-24-17)31-13-5-6-18-15(10-13)25-22(29(18)2)26-20-12-16(27-28-20)19-4-3-9-32-19/h3-12H,1-2H3,(H,23,30)(H2,25,26,27,28). The minimum Gasteiger partial charge on any atom is -0.457 e. The number of hydrogen-bond acceptors (Lipinski definition) is 7. The van der Waals surface area contributed by atoms with E-state index >= 15 is 0 Å². The molecule has 0 aliphatic carbocycles. The van der Waals surface area contributed by atoms with E-state index in [2.05, 4.69) is 25.8 Å². The van der Waals surface area contributed by atoms with Gasteiger partial charge in [-0.15, -0.1) is 11.3 Å². The molecule has 4 heterocycles. The van der Waals surface area contributed by atoms with Crippen molar-refractivity contribution in [3.05, 3.63) is 65.8 Å². The van der Waals surface area contributed by atoms with Crippen LogP contribution in [0.15, 0.2) is 60.1 Å². The zero-order valence-corrected chi connectivity index (χ0v) is 18.1. The number of nitrogens with zero attached hydrogens (tertiary/aromatic N) is 4. The first-order valence-electron chi connectivity index (χ1n) is 9.79. The highest BCUT2D eigenvalue weighted by atomic mass is 32.1. The highest BCUT2D eigenvalue weighted by molar-refractivity contribution is 7.13. The number of aromatic nitrogens is 5. The van der Waals surface area contributed by atoms with Crippen LogP contribution in [0.1, 0.15) is 10.5 Å². The van der Waals surface area contributed by atoms with Crippen LogP contribution < -0.4 is 15.4 Å². The maximum atomic E-state index is 11.8. The topological polar surface area (TPSA) is 110 Å². The van der Waals surface area contributed by atoms with Crippen LogP contribution >= 0.6 is 11.3 Å². The molecule has 0 aliphatic heterocycles. The minimum atomic E-state index is -0.271. The van der Waals surface area contributed by atoms with Gasteiger partial charge < -0.3 is 19.9 Å². The molecular formula is C22H19N7O2S. The number of pyridine rings is 1. The average Bonchev–Trinajstić information content (AvgIpc) is 3.55. The lowest BCUT2D eigenvalue weighted by Gasteiger charge is -2.07. The molecule has 0 saturated heterocycles. The van der Waals surface area contributed by atoms with Gasteiger partial charge in [0.05, 0.1) is 15.9 Å². The van der Waals surface area contributed by atoms with Crippen molar-refractivity contribution in [3.8, 4) is 22.1 Å². The lowest BCUT2D eigenvalue weighted by Crippen LogP contribution is -2.18. The van der Waals surface area contributed by atoms with E-state index in [4.69, 9.17) is 9.72 Å². The van der Waals surface area contributed by atoms with Gasteiger partial charge in [0, 0.05) is 38.5 Å². The van der Waals surface area contributed by atoms with Gasteiger partial charge >= 0.3 is 0 Å². The molecule has 10 heteroatoms. The highest BCUT2D eigenvalue weighted by Gasteiger charge is 2.12. The van der Waals surface area contributed by atoms with E-state index in [1.807, 2.05) is 53.4 Å². The molecule has 5 aromatic rings. The Morgan fingerprint density at radius 3 is 2.84 bits per heavy atom. The summed E-state index contributed by atoms with van der Waals surface area (Å²) in [5, 5.41) is 15.2. The predicted molar refractivity (Wildman–Crippen MR) is 124 cm³/mol.